The summed E-state index contributed by atoms with van der Waals surface area (Å²) in [5, 5.41) is 29.0. The number of aromatic nitrogens is 4. The molecule has 4 atom stereocenters. The standard InChI is InChI=1S/C21H23FN6O2/c1-28(18-7-14-10-30-11-17(25-14)21(18)22)20-5-4-16(26-27-20)15-3-2-12(6-19(15)29)13-8-23-24-9-13/h2-6,8-9,14,17-18,21,25,29H,7,10-11H2,1H3,(H,23,24)/t14?,17?,18-,21+/m1/s1. The number of fused-ring (bicyclic) bond motifs is 2. The molecule has 2 aromatic heterocycles. The summed E-state index contributed by atoms with van der Waals surface area (Å²) in [7, 11) is 1.85. The third-order valence-corrected chi connectivity index (χ3v) is 5.96. The molecule has 3 aromatic rings. The Balaban J connectivity index is 1.35. The Bertz CT molecular complexity index is 1010. The normalized spacial score (nSPS) is 25.8. The highest BCUT2D eigenvalue weighted by atomic mass is 19.1. The van der Waals surface area contributed by atoms with Crippen LogP contribution < -0.4 is 10.2 Å². The lowest BCUT2D eigenvalue weighted by Gasteiger charge is -2.45. The SMILES string of the molecule is CN(c1ccc(-c2ccc(-c3cn[nH]c3)cc2O)nn1)[C@@H]1CC2COCC(N2)[C@@H]1F. The molecule has 0 saturated carbocycles. The van der Waals surface area contributed by atoms with Crippen molar-refractivity contribution in [2.75, 3.05) is 25.2 Å². The second-order valence-corrected chi connectivity index (χ2v) is 7.86. The topological polar surface area (TPSA) is 99.2 Å². The van der Waals surface area contributed by atoms with E-state index in [4.69, 9.17) is 4.74 Å². The Hall–Kier alpha value is -3.04. The maximum Gasteiger partial charge on any atom is 0.151 e. The quantitative estimate of drug-likeness (QED) is 0.606. The first-order chi connectivity index (χ1) is 14.6. The number of morpholine rings is 1. The van der Waals surface area contributed by atoms with Gasteiger partial charge in [0.05, 0.1) is 37.2 Å². The summed E-state index contributed by atoms with van der Waals surface area (Å²) >= 11 is 0. The minimum absolute atomic E-state index is 0.110. The minimum Gasteiger partial charge on any atom is -0.507 e. The predicted molar refractivity (Wildman–Crippen MR) is 110 cm³/mol. The fourth-order valence-electron chi connectivity index (χ4n) is 4.28. The van der Waals surface area contributed by atoms with Crippen LogP contribution in [0.4, 0.5) is 10.2 Å². The molecular formula is C21H23FN6O2. The van der Waals surface area contributed by atoms with Gasteiger partial charge in [0.25, 0.3) is 0 Å². The Morgan fingerprint density at radius 2 is 2.07 bits per heavy atom. The molecule has 5 rings (SSSR count). The van der Waals surface area contributed by atoms with Crippen LogP contribution in [0.3, 0.4) is 0 Å². The van der Waals surface area contributed by atoms with Crippen LogP contribution in [0.15, 0.2) is 42.7 Å². The van der Waals surface area contributed by atoms with Gasteiger partial charge in [-0.25, -0.2) is 4.39 Å². The zero-order valence-corrected chi connectivity index (χ0v) is 16.5. The molecule has 1 aromatic carbocycles. The van der Waals surface area contributed by atoms with Gasteiger partial charge in [-0.15, -0.1) is 10.2 Å². The molecule has 2 saturated heterocycles. The highest BCUT2D eigenvalue weighted by molar-refractivity contribution is 5.73. The number of piperidine rings is 1. The number of nitrogens with one attached hydrogen (secondary N) is 2. The van der Waals surface area contributed by atoms with Crippen LogP contribution >= 0.6 is 0 Å². The first kappa shape index (κ1) is 19.0. The van der Waals surface area contributed by atoms with Crippen molar-refractivity contribution in [2.45, 2.75) is 30.7 Å². The maximum absolute atomic E-state index is 14.9. The van der Waals surface area contributed by atoms with Crippen molar-refractivity contribution >= 4 is 5.82 Å². The molecule has 0 amide bonds. The van der Waals surface area contributed by atoms with Crippen molar-refractivity contribution in [1.29, 1.82) is 0 Å². The van der Waals surface area contributed by atoms with Gasteiger partial charge in [0.2, 0.25) is 0 Å². The van der Waals surface area contributed by atoms with Crippen LogP contribution in [0.25, 0.3) is 22.4 Å². The molecule has 30 heavy (non-hydrogen) atoms. The summed E-state index contributed by atoms with van der Waals surface area (Å²) in [5.41, 5.74) is 2.87. The summed E-state index contributed by atoms with van der Waals surface area (Å²) in [6, 6.07) is 8.56. The molecule has 4 heterocycles. The number of anilines is 1. The van der Waals surface area contributed by atoms with Crippen molar-refractivity contribution in [2.24, 2.45) is 0 Å². The van der Waals surface area contributed by atoms with E-state index in [1.165, 1.54) is 0 Å². The molecule has 156 valence electrons. The average molecular weight is 410 g/mol. The highest BCUT2D eigenvalue weighted by Crippen LogP contribution is 2.33. The molecule has 0 aliphatic carbocycles. The minimum atomic E-state index is -1.05. The van der Waals surface area contributed by atoms with Crippen LogP contribution in [0, 0.1) is 0 Å². The van der Waals surface area contributed by atoms with Crippen LogP contribution in [0.2, 0.25) is 0 Å². The Morgan fingerprint density at radius 3 is 2.80 bits per heavy atom. The number of benzene rings is 1. The fourth-order valence-corrected chi connectivity index (χ4v) is 4.28. The number of phenolic OH excluding ortho intramolecular Hbond substituents is 1. The van der Waals surface area contributed by atoms with Crippen LogP contribution in [0.1, 0.15) is 6.42 Å². The van der Waals surface area contributed by atoms with Gasteiger partial charge in [0, 0.05) is 30.4 Å². The number of nitrogens with zero attached hydrogens (tertiary/aromatic N) is 4. The van der Waals surface area contributed by atoms with Gasteiger partial charge in [-0.05, 0) is 36.2 Å². The molecule has 9 heteroatoms. The Kier molecular flexibility index (Phi) is 4.84. The monoisotopic (exact) mass is 410 g/mol. The summed E-state index contributed by atoms with van der Waals surface area (Å²) in [5.74, 6) is 0.709. The zero-order chi connectivity index (χ0) is 20.7. The molecule has 3 N–H and O–H groups in total. The molecule has 2 unspecified atom stereocenters. The first-order valence-corrected chi connectivity index (χ1v) is 9.97. The summed E-state index contributed by atoms with van der Waals surface area (Å²) < 4.78 is 20.4. The van der Waals surface area contributed by atoms with Gasteiger partial charge in [-0.2, -0.15) is 5.10 Å². The number of aromatic hydroxyl groups is 1. The fraction of sp³-hybridized carbons (Fsp3) is 0.381. The largest absolute Gasteiger partial charge is 0.507 e. The van der Waals surface area contributed by atoms with Crippen molar-refractivity contribution in [3.63, 3.8) is 0 Å². The van der Waals surface area contributed by atoms with E-state index in [1.54, 1.807) is 30.6 Å². The third kappa shape index (κ3) is 3.40. The summed E-state index contributed by atoms with van der Waals surface area (Å²) in [6.07, 6.45) is 3.05. The van der Waals surface area contributed by atoms with E-state index >= 15 is 0 Å². The van der Waals surface area contributed by atoms with Gasteiger partial charge in [-0.1, -0.05) is 6.07 Å². The lowest BCUT2D eigenvalue weighted by atomic mass is 9.90. The van der Waals surface area contributed by atoms with Gasteiger partial charge in [0.15, 0.2) is 5.82 Å². The first-order valence-electron chi connectivity index (χ1n) is 9.97. The van der Waals surface area contributed by atoms with Crippen molar-refractivity contribution in [1.82, 2.24) is 25.7 Å². The number of phenols is 1. The molecular weight excluding hydrogens is 387 g/mol. The van der Waals surface area contributed by atoms with E-state index < -0.39 is 6.17 Å². The van der Waals surface area contributed by atoms with Crippen LogP contribution in [-0.4, -0.2) is 70.1 Å². The molecule has 8 nitrogen and oxygen atoms in total. The Labute approximate surface area is 173 Å². The van der Waals surface area contributed by atoms with Crippen LogP contribution in [0.5, 0.6) is 5.75 Å². The van der Waals surface area contributed by atoms with Gasteiger partial charge >= 0.3 is 0 Å². The van der Waals surface area contributed by atoms with Crippen molar-refractivity contribution in [3.05, 3.63) is 42.7 Å². The van der Waals surface area contributed by atoms with Gasteiger partial charge in [-0.3, -0.25) is 5.10 Å². The zero-order valence-electron chi connectivity index (χ0n) is 16.5. The lowest BCUT2D eigenvalue weighted by molar-refractivity contribution is -0.0175. The molecule has 0 spiro atoms. The second kappa shape index (κ2) is 7.66. The average Bonchev–Trinajstić information content (AvgIpc) is 3.31. The number of rotatable bonds is 4. The third-order valence-electron chi connectivity index (χ3n) is 5.96. The highest BCUT2D eigenvalue weighted by Gasteiger charge is 2.42. The number of hydrogen-bond acceptors (Lipinski definition) is 7. The van der Waals surface area contributed by atoms with Crippen molar-refractivity contribution < 1.29 is 14.2 Å². The number of aromatic amines is 1. The number of H-pyrrole nitrogens is 1. The van der Waals surface area contributed by atoms with E-state index in [1.807, 2.05) is 24.1 Å². The van der Waals surface area contributed by atoms with E-state index in [-0.39, 0.29) is 23.9 Å². The Morgan fingerprint density at radius 1 is 1.17 bits per heavy atom. The van der Waals surface area contributed by atoms with E-state index in [0.29, 0.717) is 36.7 Å². The molecule has 2 bridgehead atoms. The predicted octanol–water partition coefficient (Wildman–Crippen LogP) is 2.14. The molecule has 2 aliphatic rings. The number of hydrogen-bond donors (Lipinski definition) is 3. The number of alkyl halides is 1. The molecule has 0 radical (unpaired) electrons. The van der Waals surface area contributed by atoms with E-state index in [2.05, 4.69) is 25.7 Å². The maximum atomic E-state index is 14.9. The van der Waals surface area contributed by atoms with Crippen molar-refractivity contribution in [3.8, 4) is 28.1 Å². The van der Waals surface area contributed by atoms with E-state index in [9.17, 15) is 9.50 Å². The summed E-state index contributed by atoms with van der Waals surface area (Å²) in [6.45, 7) is 0.993. The number of ether oxygens (including phenoxy) is 1. The second-order valence-electron chi connectivity index (χ2n) is 7.86. The van der Waals surface area contributed by atoms with E-state index in [0.717, 1.165) is 11.1 Å². The summed E-state index contributed by atoms with van der Waals surface area (Å²) in [4.78, 5) is 1.86. The van der Waals surface area contributed by atoms with Gasteiger partial charge < -0.3 is 20.1 Å². The molecule has 2 fully saturated rings. The van der Waals surface area contributed by atoms with Gasteiger partial charge in [0.1, 0.15) is 11.9 Å². The smallest absolute Gasteiger partial charge is 0.151 e. The number of halogens is 1. The van der Waals surface area contributed by atoms with Crippen LogP contribution in [-0.2, 0) is 4.74 Å². The lowest BCUT2D eigenvalue weighted by Crippen LogP contribution is -2.65. The molecule has 2 aliphatic heterocycles.